The van der Waals surface area contributed by atoms with Crippen LogP contribution in [0, 0.1) is 34.5 Å². The Bertz CT molecular complexity index is 1190. The van der Waals surface area contributed by atoms with Crippen LogP contribution in [0.3, 0.4) is 0 Å². The van der Waals surface area contributed by atoms with Gasteiger partial charge in [-0.15, -0.1) is 0 Å². The highest BCUT2D eigenvalue weighted by Crippen LogP contribution is 2.73. The van der Waals surface area contributed by atoms with Gasteiger partial charge in [0.25, 0.3) is 0 Å². The van der Waals surface area contributed by atoms with Crippen molar-refractivity contribution in [2.24, 2.45) is 34.5 Å². The molecule has 2 saturated heterocycles. The van der Waals surface area contributed by atoms with Crippen LogP contribution < -0.4 is 0 Å². The van der Waals surface area contributed by atoms with Gasteiger partial charge in [0.1, 0.15) is 23.9 Å². The average molecular weight is 563 g/mol. The average Bonchev–Trinajstić information content (AvgIpc) is 3.13. The number of ketones is 1. The Labute approximate surface area is 232 Å². The van der Waals surface area contributed by atoms with Gasteiger partial charge in [0, 0.05) is 30.6 Å². The number of allylic oxidation sites excluding steroid dienone is 1. The van der Waals surface area contributed by atoms with Gasteiger partial charge in [-0.2, -0.15) is 0 Å². The number of hydrogen-bond donors (Lipinski definition) is 1. The fraction of sp³-hybridized carbons (Fsp3) is 0.759. The summed E-state index contributed by atoms with van der Waals surface area (Å²) in [6.07, 6.45) is -3.89. The smallest absolute Gasteiger partial charge is 0.348 e. The van der Waals surface area contributed by atoms with Gasteiger partial charge in [0.15, 0.2) is 11.9 Å². The molecule has 0 radical (unpaired) electrons. The van der Waals surface area contributed by atoms with E-state index in [4.69, 9.17) is 23.7 Å². The number of ether oxygens (including phenoxy) is 5. The highest BCUT2D eigenvalue weighted by molar-refractivity contribution is 5.96. The van der Waals surface area contributed by atoms with Gasteiger partial charge in [-0.1, -0.05) is 26.3 Å². The number of rotatable bonds is 5. The molecule has 12 unspecified atom stereocenters. The first-order valence-corrected chi connectivity index (χ1v) is 13.9. The van der Waals surface area contributed by atoms with Crippen LogP contribution in [-0.4, -0.2) is 77.5 Å². The first kappa shape index (κ1) is 28.7. The minimum Gasteiger partial charge on any atom is -0.459 e. The molecule has 0 amide bonds. The van der Waals surface area contributed by atoms with E-state index in [1.54, 1.807) is 27.7 Å². The van der Waals surface area contributed by atoms with Crippen molar-refractivity contribution in [3.63, 3.8) is 0 Å². The number of esters is 4. The van der Waals surface area contributed by atoms with Crippen LogP contribution in [0.5, 0.6) is 0 Å². The van der Waals surface area contributed by atoms with Crippen molar-refractivity contribution in [1.29, 1.82) is 0 Å². The van der Waals surface area contributed by atoms with Gasteiger partial charge in [0.2, 0.25) is 6.10 Å². The molecule has 2 aliphatic heterocycles. The number of fused-ring (bicyclic) bond motifs is 2. The van der Waals surface area contributed by atoms with Crippen molar-refractivity contribution in [2.45, 2.75) is 97.4 Å². The molecule has 0 aromatic heterocycles. The second-order valence-electron chi connectivity index (χ2n) is 12.6. The Hall–Kier alpha value is -2.79. The fourth-order valence-corrected chi connectivity index (χ4v) is 8.71. The second kappa shape index (κ2) is 9.37. The van der Waals surface area contributed by atoms with E-state index in [0.717, 1.165) is 0 Å². The lowest BCUT2D eigenvalue weighted by molar-refractivity contribution is -0.301. The Morgan fingerprint density at radius 1 is 1.10 bits per heavy atom. The Balaban J connectivity index is 1.78. The Morgan fingerprint density at radius 3 is 2.35 bits per heavy atom. The summed E-state index contributed by atoms with van der Waals surface area (Å²) in [5.41, 5.74) is -3.10. The van der Waals surface area contributed by atoms with E-state index in [1.165, 1.54) is 19.9 Å². The molecule has 2 bridgehead atoms. The van der Waals surface area contributed by atoms with Gasteiger partial charge >= 0.3 is 23.9 Å². The van der Waals surface area contributed by atoms with Crippen molar-refractivity contribution in [1.82, 2.24) is 0 Å². The van der Waals surface area contributed by atoms with Crippen LogP contribution in [0.2, 0.25) is 0 Å². The SMILES string of the molecule is CCC(C)C(=O)OC1C(=O)OC2CC3C(C)=CC(=O)C(O)C3(C)C3C(OC(C)=O)C(OC(C)=O)C4(C)OCC23C14. The van der Waals surface area contributed by atoms with Gasteiger partial charge in [-0.3, -0.25) is 19.2 Å². The molecule has 3 aliphatic carbocycles. The maximum absolute atomic E-state index is 13.6. The number of aliphatic hydroxyl groups is 1. The van der Waals surface area contributed by atoms with Crippen LogP contribution in [0.25, 0.3) is 0 Å². The van der Waals surface area contributed by atoms with Crippen molar-refractivity contribution in [3.8, 4) is 0 Å². The zero-order valence-electron chi connectivity index (χ0n) is 23.9. The van der Waals surface area contributed by atoms with Crippen molar-refractivity contribution in [3.05, 3.63) is 11.6 Å². The van der Waals surface area contributed by atoms with Gasteiger partial charge < -0.3 is 28.8 Å². The van der Waals surface area contributed by atoms with Gasteiger partial charge in [-0.25, -0.2) is 4.79 Å². The molecule has 2 heterocycles. The molecule has 40 heavy (non-hydrogen) atoms. The molecule has 0 aromatic rings. The summed E-state index contributed by atoms with van der Waals surface area (Å²) >= 11 is 0. The zero-order valence-corrected chi connectivity index (χ0v) is 23.9. The molecule has 5 aliphatic rings. The number of aliphatic hydroxyl groups excluding tert-OH is 1. The molecular weight excluding hydrogens is 524 g/mol. The topological polar surface area (TPSA) is 152 Å². The van der Waals surface area contributed by atoms with E-state index >= 15 is 0 Å². The van der Waals surface area contributed by atoms with E-state index in [1.807, 2.05) is 6.92 Å². The fourth-order valence-electron chi connectivity index (χ4n) is 8.71. The molecule has 1 N–H and O–H groups in total. The third kappa shape index (κ3) is 3.65. The molecule has 5 rings (SSSR count). The monoisotopic (exact) mass is 562 g/mol. The summed E-state index contributed by atoms with van der Waals surface area (Å²) < 4.78 is 30.1. The lowest BCUT2D eigenvalue weighted by atomic mass is 9.38. The maximum Gasteiger partial charge on any atom is 0.348 e. The third-order valence-electron chi connectivity index (χ3n) is 10.5. The molecule has 11 nitrogen and oxygen atoms in total. The third-order valence-corrected chi connectivity index (χ3v) is 10.5. The van der Waals surface area contributed by atoms with E-state index in [9.17, 15) is 29.1 Å². The van der Waals surface area contributed by atoms with Crippen LogP contribution in [0.1, 0.15) is 61.3 Å². The number of carbonyl (C=O) groups is 5. The van der Waals surface area contributed by atoms with E-state index < -0.39 is 100 Å². The lowest BCUT2D eigenvalue weighted by Gasteiger charge is -2.68. The molecular formula is C29H38O11. The minimum atomic E-state index is -1.48. The number of hydrogen-bond acceptors (Lipinski definition) is 11. The molecule has 2 saturated carbocycles. The van der Waals surface area contributed by atoms with Crippen LogP contribution in [-0.2, 0) is 47.7 Å². The Kier molecular flexibility index (Phi) is 6.73. The first-order chi connectivity index (χ1) is 18.6. The van der Waals surface area contributed by atoms with Crippen LogP contribution in [0.15, 0.2) is 11.6 Å². The standard InChI is InChI=1S/C29H38O11/c1-8-12(2)25(34)40-20-22-28(7)24(38-15(5)31)19(37-14(4)30)21-27(6)16(13(3)9-17(32)23(27)33)10-18(39-26(20)35)29(21,22)11-36-28/h9,12,16,18-24,33H,8,10-11H2,1-7H3. The molecule has 11 heteroatoms. The maximum atomic E-state index is 13.6. The minimum absolute atomic E-state index is 0.0182. The number of carbonyl (C=O) groups excluding carboxylic acids is 5. The van der Waals surface area contributed by atoms with Crippen molar-refractivity contribution < 1.29 is 52.8 Å². The predicted molar refractivity (Wildman–Crippen MR) is 135 cm³/mol. The predicted octanol–water partition coefficient (Wildman–Crippen LogP) is 1.67. The Morgan fingerprint density at radius 2 is 1.75 bits per heavy atom. The van der Waals surface area contributed by atoms with Gasteiger partial charge in [0.05, 0.1) is 18.4 Å². The second-order valence-corrected chi connectivity index (χ2v) is 12.6. The van der Waals surface area contributed by atoms with Crippen molar-refractivity contribution in [2.75, 3.05) is 6.61 Å². The largest absolute Gasteiger partial charge is 0.459 e. The van der Waals surface area contributed by atoms with E-state index in [-0.39, 0.29) is 13.0 Å². The first-order valence-electron chi connectivity index (χ1n) is 13.9. The summed E-state index contributed by atoms with van der Waals surface area (Å²) in [4.78, 5) is 64.8. The van der Waals surface area contributed by atoms with Crippen molar-refractivity contribution >= 4 is 29.7 Å². The summed E-state index contributed by atoms with van der Waals surface area (Å²) in [6.45, 7) is 11.1. The quantitative estimate of drug-likeness (QED) is 0.385. The lowest BCUT2D eigenvalue weighted by Crippen LogP contribution is -2.79. The molecule has 1 spiro atoms. The molecule has 4 fully saturated rings. The summed E-state index contributed by atoms with van der Waals surface area (Å²) in [5, 5.41) is 11.6. The normalized spacial score (nSPS) is 45.8. The molecule has 220 valence electrons. The van der Waals surface area contributed by atoms with Crippen LogP contribution >= 0.6 is 0 Å². The van der Waals surface area contributed by atoms with E-state index in [2.05, 4.69) is 0 Å². The van der Waals surface area contributed by atoms with E-state index in [0.29, 0.717) is 12.0 Å². The van der Waals surface area contributed by atoms with Crippen LogP contribution in [0.4, 0.5) is 0 Å². The summed E-state index contributed by atoms with van der Waals surface area (Å²) in [5.74, 6) is -5.83. The zero-order chi connectivity index (χ0) is 29.5. The molecule has 12 atom stereocenters. The highest BCUT2D eigenvalue weighted by Gasteiger charge is 2.84. The molecule has 0 aromatic carbocycles. The summed E-state index contributed by atoms with van der Waals surface area (Å²) in [7, 11) is 0. The summed E-state index contributed by atoms with van der Waals surface area (Å²) in [6, 6.07) is 0. The highest BCUT2D eigenvalue weighted by atomic mass is 16.6. The van der Waals surface area contributed by atoms with Gasteiger partial charge in [-0.05, 0) is 38.7 Å².